The van der Waals surface area contributed by atoms with Gasteiger partial charge >= 0.3 is 0 Å². The van der Waals surface area contributed by atoms with E-state index in [-0.39, 0.29) is 11.8 Å². The number of carbonyl (C=O) groups is 2. The predicted molar refractivity (Wildman–Crippen MR) is 134 cm³/mol. The lowest BCUT2D eigenvalue weighted by molar-refractivity contribution is -0.129. The second kappa shape index (κ2) is 9.64. The molecule has 8 heteroatoms. The fourth-order valence-electron chi connectivity index (χ4n) is 3.73. The molecular weight excluding hydrogens is 517 g/mol. The van der Waals surface area contributed by atoms with Crippen molar-refractivity contribution in [2.24, 2.45) is 0 Å². The topological polar surface area (TPSA) is 78.4 Å². The smallest absolute Gasteiger partial charge is 0.257 e. The Balaban J connectivity index is 1.48. The molecule has 3 heterocycles. The van der Waals surface area contributed by atoms with Gasteiger partial charge in [0.25, 0.3) is 5.91 Å². The molecule has 7 nitrogen and oxygen atoms in total. The number of carbonyl (C=O) groups excluding carboxylic acids is 2. The summed E-state index contributed by atoms with van der Waals surface area (Å²) in [5.74, 6) is 0.729. The number of benzene rings is 1. The molecule has 0 unspecified atom stereocenters. The third kappa shape index (κ3) is 4.90. The van der Waals surface area contributed by atoms with Crippen molar-refractivity contribution in [2.45, 2.75) is 13.8 Å². The van der Waals surface area contributed by atoms with Crippen LogP contribution >= 0.6 is 22.6 Å². The molecule has 2 aromatic heterocycles. The molecule has 0 saturated carbocycles. The number of amides is 2. The Morgan fingerprint density at radius 1 is 1.03 bits per heavy atom. The van der Waals surface area contributed by atoms with Gasteiger partial charge in [-0.1, -0.05) is 6.07 Å². The van der Waals surface area contributed by atoms with Crippen LogP contribution in [0.5, 0.6) is 0 Å². The minimum absolute atomic E-state index is 0.0996. The average molecular weight is 541 g/mol. The normalized spacial score (nSPS) is 13.7. The Labute approximate surface area is 201 Å². The van der Waals surface area contributed by atoms with Crippen LogP contribution in [0.3, 0.4) is 0 Å². The van der Waals surface area contributed by atoms with E-state index in [1.807, 2.05) is 60.4 Å². The summed E-state index contributed by atoms with van der Waals surface area (Å²) in [4.78, 5) is 37.5. The number of hydrogen-bond donors (Lipinski definition) is 1. The van der Waals surface area contributed by atoms with Crippen LogP contribution in [0.2, 0.25) is 0 Å². The highest BCUT2D eigenvalue weighted by atomic mass is 127. The first kappa shape index (κ1) is 22.2. The maximum atomic E-state index is 12.9. The van der Waals surface area contributed by atoms with Crippen molar-refractivity contribution in [3.63, 3.8) is 0 Å². The number of halogens is 1. The quantitative estimate of drug-likeness (QED) is 0.506. The van der Waals surface area contributed by atoms with E-state index in [1.54, 1.807) is 13.1 Å². The highest BCUT2D eigenvalue weighted by Crippen LogP contribution is 2.27. The van der Waals surface area contributed by atoms with E-state index < -0.39 is 0 Å². The zero-order valence-electron chi connectivity index (χ0n) is 18.0. The number of nitrogens with one attached hydrogen (secondary N) is 1. The number of anilines is 2. The van der Waals surface area contributed by atoms with Crippen LogP contribution in [0.25, 0.3) is 11.3 Å². The molecule has 0 spiro atoms. The van der Waals surface area contributed by atoms with Gasteiger partial charge in [-0.25, -0.2) is 4.98 Å². The molecule has 3 aromatic rings. The second-order valence-electron chi connectivity index (χ2n) is 7.66. The monoisotopic (exact) mass is 541 g/mol. The van der Waals surface area contributed by atoms with Gasteiger partial charge in [0.05, 0.1) is 17.0 Å². The fraction of sp³-hybridized carbons (Fsp3) is 0.250. The van der Waals surface area contributed by atoms with Crippen LogP contribution in [-0.4, -0.2) is 52.9 Å². The highest BCUT2D eigenvalue weighted by Gasteiger charge is 2.21. The Morgan fingerprint density at radius 2 is 1.81 bits per heavy atom. The molecule has 1 aromatic carbocycles. The Bertz CT molecular complexity index is 1140. The lowest BCUT2D eigenvalue weighted by Crippen LogP contribution is -2.48. The number of rotatable bonds is 4. The van der Waals surface area contributed by atoms with Gasteiger partial charge in [0.15, 0.2) is 0 Å². The van der Waals surface area contributed by atoms with E-state index in [2.05, 4.69) is 42.8 Å². The van der Waals surface area contributed by atoms with E-state index in [1.165, 1.54) is 0 Å². The Hall–Kier alpha value is -3.01. The first-order valence-electron chi connectivity index (χ1n) is 10.4. The number of hydrogen-bond acceptors (Lipinski definition) is 5. The van der Waals surface area contributed by atoms with Crippen molar-refractivity contribution in [1.82, 2.24) is 14.9 Å². The summed E-state index contributed by atoms with van der Waals surface area (Å²) < 4.78 is 1.06. The van der Waals surface area contributed by atoms with Crippen LogP contribution in [0.1, 0.15) is 23.0 Å². The van der Waals surface area contributed by atoms with Gasteiger partial charge < -0.3 is 15.1 Å². The first-order valence-corrected chi connectivity index (χ1v) is 11.5. The summed E-state index contributed by atoms with van der Waals surface area (Å²) in [5.41, 5.74) is 3.75. The maximum absolute atomic E-state index is 12.9. The van der Waals surface area contributed by atoms with E-state index in [0.717, 1.165) is 33.7 Å². The molecule has 1 fully saturated rings. The highest BCUT2D eigenvalue weighted by molar-refractivity contribution is 14.1. The Kier molecular flexibility index (Phi) is 6.69. The van der Waals surface area contributed by atoms with Gasteiger partial charge in [0.2, 0.25) is 5.91 Å². The third-order valence-corrected chi connectivity index (χ3v) is 6.47. The molecule has 0 radical (unpaired) electrons. The largest absolute Gasteiger partial charge is 0.353 e. The van der Waals surface area contributed by atoms with Gasteiger partial charge in [-0.05, 0) is 72.0 Å². The minimum Gasteiger partial charge on any atom is -0.353 e. The average Bonchev–Trinajstić information content (AvgIpc) is 2.80. The lowest BCUT2D eigenvalue weighted by Gasteiger charge is -2.35. The maximum Gasteiger partial charge on any atom is 0.257 e. The van der Waals surface area contributed by atoms with Crippen molar-refractivity contribution in [1.29, 1.82) is 0 Å². The van der Waals surface area contributed by atoms with Gasteiger partial charge in [-0.15, -0.1) is 0 Å². The molecule has 1 saturated heterocycles. The number of nitrogens with zero attached hydrogens (tertiary/aromatic N) is 4. The zero-order chi connectivity index (χ0) is 22.7. The van der Waals surface area contributed by atoms with E-state index in [9.17, 15) is 9.59 Å². The molecule has 32 heavy (non-hydrogen) atoms. The Morgan fingerprint density at radius 3 is 2.47 bits per heavy atom. The number of aryl methyl sites for hydroxylation is 1. The van der Waals surface area contributed by atoms with Gasteiger partial charge in [-0.3, -0.25) is 14.6 Å². The number of aromatic nitrogens is 2. The lowest BCUT2D eigenvalue weighted by atomic mass is 10.1. The molecule has 1 aliphatic heterocycles. The van der Waals surface area contributed by atoms with E-state index in [0.29, 0.717) is 30.0 Å². The summed E-state index contributed by atoms with van der Waals surface area (Å²) in [7, 11) is 0. The van der Waals surface area contributed by atoms with Crippen LogP contribution in [0, 0.1) is 10.5 Å². The van der Waals surface area contributed by atoms with Crippen molar-refractivity contribution in [3.05, 3.63) is 69.6 Å². The predicted octanol–water partition coefficient (Wildman–Crippen LogP) is 3.98. The number of piperazine rings is 1. The van der Waals surface area contributed by atoms with Crippen molar-refractivity contribution in [3.8, 4) is 11.3 Å². The summed E-state index contributed by atoms with van der Waals surface area (Å²) >= 11 is 2.27. The summed E-state index contributed by atoms with van der Waals surface area (Å²) in [6.07, 6.45) is 1.76. The third-order valence-electron chi connectivity index (χ3n) is 5.53. The molecule has 0 bridgehead atoms. The molecule has 0 atom stereocenters. The van der Waals surface area contributed by atoms with Crippen LogP contribution in [-0.2, 0) is 4.79 Å². The van der Waals surface area contributed by atoms with Crippen molar-refractivity contribution >= 4 is 45.9 Å². The molecule has 4 rings (SSSR count). The van der Waals surface area contributed by atoms with Crippen LogP contribution < -0.4 is 10.2 Å². The van der Waals surface area contributed by atoms with Crippen LogP contribution in [0.4, 0.5) is 11.5 Å². The summed E-state index contributed by atoms with van der Waals surface area (Å²) in [6.45, 7) is 6.27. The standard InChI is InChI=1S/C24H24IN5O2/c1-16-19(7-9-23(27-16)30-13-11-29(12-14-30)17(2)31)24(32)28-18-6-8-21(25)20(15-18)22-5-3-4-10-26-22/h3-10,15H,11-14H2,1-2H3,(H,28,32). The summed E-state index contributed by atoms with van der Waals surface area (Å²) in [6, 6.07) is 15.3. The van der Waals surface area contributed by atoms with Crippen molar-refractivity contribution < 1.29 is 9.59 Å². The summed E-state index contributed by atoms with van der Waals surface area (Å²) in [5, 5.41) is 2.99. The molecule has 1 N–H and O–H groups in total. The number of pyridine rings is 2. The van der Waals surface area contributed by atoms with Crippen molar-refractivity contribution in [2.75, 3.05) is 36.4 Å². The van der Waals surface area contributed by atoms with Gasteiger partial charge in [-0.2, -0.15) is 0 Å². The molecule has 2 amide bonds. The second-order valence-corrected chi connectivity index (χ2v) is 8.82. The first-order chi connectivity index (χ1) is 15.4. The van der Waals surface area contributed by atoms with E-state index >= 15 is 0 Å². The fourth-order valence-corrected chi connectivity index (χ4v) is 4.35. The van der Waals surface area contributed by atoms with E-state index in [4.69, 9.17) is 0 Å². The minimum atomic E-state index is -0.198. The molecule has 0 aliphatic carbocycles. The van der Waals surface area contributed by atoms with Gasteiger partial charge in [0.1, 0.15) is 5.82 Å². The molecular formula is C24H24IN5O2. The molecule has 1 aliphatic rings. The zero-order valence-corrected chi connectivity index (χ0v) is 20.2. The molecule has 164 valence electrons. The van der Waals surface area contributed by atoms with Gasteiger partial charge in [0, 0.05) is 54.1 Å². The SMILES string of the molecule is CC(=O)N1CCN(c2ccc(C(=O)Nc3ccc(I)c(-c4ccccn4)c3)c(C)n2)CC1. The van der Waals surface area contributed by atoms with Crippen LogP contribution in [0.15, 0.2) is 54.7 Å².